The van der Waals surface area contributed by atoms with E-state index in [9.17, 15) is 19.2 Å². The van der Waals surface area contributed by atoms with Gasteiger partial charge in [0.15, 0.2) is 0 Å². The third-order valence-corrected chi connectivity index (χ3v) is 5.56. The van der Waals surface area contributed by atoms with Gasteiger partial charge in [0.05, 0.1) is 18.7 Å². The van der Waals surface area contributed by atoms with Crippen molar-refractivity contribution in [3.8, 4) is 0 Å². The van der Waals surface area contributed by atoms with Crippen LogP contribution >= 0.6 is 15.9 Å². The summed E-state index contributed by atoms with van der Waals surface area (Å²) in [4.78, 5) is 48.5. The van der Waals surface area contributed by atoms with Crippen LogP contribution in [0.3, 0.4) is 0 Å². The summed E-state index contributed by atoms with van der Waals surface area (Å²) in [5.41, 5.74) is 1.35. The van der Waals surface area contributed by atoms with Gasteiger partial charge in [-0.05, 0) is 33.6 Å². The number of halogens is 1. The van der Waals surface area contributed by atoms with Crippen molar-refractivity contribution in [3.63, 3.8) is 0 Å². The molecule has 8 nitrogen and oxygen atoms in total. The van der Waals surface area contributed by atoms with Crippen LogP contribution in [0, 0.1) is 0 Å². The molecule has 0 fully saturated rings. The number of aromatic amines is 1. The topological polar surface area (TPSA) is 115 Å². The van der Waals surface area contributed by atoms with Crippen molar-refractivity contribution >= 4 is 44.5 Å². The fraction of sp³-hybridized carbons (Fsp3) is 0.182. The molecule has 3 aromatic rings. The van der Waals surface area contributed by atoms with Crippen LogP contribution in [0.15, 0.2) is 57.8 Å². The average molecular weight is 487 g/mol. The average Bonchev–Trinajstić information content (AvgIpc) is 2.80. The van der Waals surface area contributed by atoms with Gasteiger partial charge in [0, 0.05) is 22.8 Å². The van der Waals surface area contributed by atoms with Gasteiger partial charge in [0.25, 0.3) is 11.5 Å². The Labute approximate surface area is 185 Å². The summed E-state index contributed by atoms with van der Waals surface area (Å²) < 4.78 is 9.72. The SMILES string of the molecule is COC(=O)C1Cc2ccccc2C(=O)N1.COC(=O)c1[nH]c(=O)c2ccccc2c1Br. The molecule has 2 N–H and O–H groups in total. The standard InChI is InChI=1S/C11H8BrNO3.C11H11NO3/c1-16-11(15)9-8(12)6-4-2-3-5-7(6)10(14)13-9;1-15-11(14)9-6-7-4-2-3-5-8(7)10(13)12-9/h2-5H,1H3,(H,13,14);2-5,9H,6H2,1H3,(H,12,13). The third kappa shape index (κ3) is 4.66. The van der Waals surface area contributed by atoms with E-state index in [0.717, 1.165) is 5.56 Å². The minimum absolute atomic E-state index is 0.131. The van der Waals surface area contributed by atoms with Gasteiger partial charge in [-0.2, -0.15) is 0 Å². The number of amides is 1. The summed E-state index contributed by atoms with van der Waals surface area (Å²) in [5.74, 6) is -1.19. The number of benzene rings is 2. The van der Waals surface area contributed by atoms with Gasteiger partial charge in [0.2, 0.25) is 0 Å². The number of hydrogen-bond donors (Lipinski definition) is 2. The van der Waals surface area contributed by atoms with Crippen molar-refractivity contribution in [2.45, 2.75) is 12.5 Å². The van der Waals surface area contributed by atoms with Gasteiger partial charge in [-0.1, -0.05) is 36.4 Å². The number of esters is 2. The molecule has 1 atom stereocenters. The molecule has 0 aliphatic carbocycles. The maximum atomic E-state index is 11.7. The first-order valence-electron chi connectivity index (χ1n) is 9.22. The zero-order chi connectivity index (χ0) is 22.5. The molecule has 1 aromatic heterocycles. The van der Waals surface area contributed by atoms with Crippen molar-refractivity contribution in [1.82, 2.24) is 10.3 Å². The molecule has 2 heterocycles. The molecule has 160 valence electrons. The molecule has 0 bridgehead atoms. The van der Waals surface area contributed by atoms with Crippen molar-refractivity contribution in [2.75, 3.05) is 14.2 Å². The van der Waals surface area contributed by atoms with Crippen LogP contribution in [0.4, 0.5) is 0 Å². The molecule has 1 aliphatic rings. The molecule has 0 saturated carbocycles. The number of nitrogens with one attached hydrogen (secondary N) is 2. The first-order chi connectivity index (χ1) is 14.9. The number of ether oxygens (including phenoxy) is 2. The highest BCUT2D eigenvalue weighted by molar-refractivity contribution is 9.10. The predicted octanol–water partition coefficient (Wildman–Crippen LogP) is 2.59. The minimum Gasteiger partial charge on any atom is -0.467 e. The van der Waals surface area contributed by atoms with Crippen LogP contribution in [0.1, 0.15) is 26.4 Å². The van der Waals surface area contributed by atoms with E-state index in [1.54, 1.807) is 36.4 Å². The summed E-state index contributed by atoms with van der Waals surface area (Å²) in [6.07, 6.45) is 0.495. The second kappa shape index (κ2) is 9.57. The number of aromatic nitrogens is 1. The zero-order valence-electron chi connectivity index (χ0n) is 16.7. The monoisotopic (exact) mass is 486 g/mol. The molecule has 1 aliphatic heterocycles. The minimum atomic E-state index is -0.574. The normalized spacial score (nSPS) is 14.5. The Bertz CT molecular complexity index is 1220. The maximum Gasteiger partial charge on any atom is 0.355 e. The highest BCUT2D eigenvalue weighted by atomic mass is 79.9. The molecule has 9 heteroatoms. The van der Waals surface area contributed by atoms with Gasteiger partial charge >= 0.3 is 11.9 Å². The van der Waals surface area contributed by atoms with E-state index in [4.69, 9.17) is 0 Å². The van der Waals surface area contributed by atoms with Crippen LogP contribution in [0.25, 0.3) is 10.8 Å². The van der Waals surface area contributed by atoms with E-state index in [2.05, 4.69) is 35.7 Å². The van der Waals surface area contributed by atoms with Crippen molar-refractivity contribution in [3.05, 3.63) is 80.2 Å². The highest BCUT2D eigenvalue weighted by Gasteiger charge is 2.29. The van der Waals surface area contributed by atoms with E-state index in [1.807, 2.05) is 12.1 Å². The fourth-order valence-corrected chi connectivity index (χ4v) is 3.80. The lowest BCUT2D eigenvalue weighted by Crippen LogP contribution is -2.46. The number of methoxy groups -OCH3 is 2. The third-order valence-electron chi connectivity index (χ3n) is 4.73. The first kappa shape index (κ1) is 22.2. The first-order valence-corrected chi connectivity index (χ1v) is 10.0. The molecule has 0 radical (unpaired) electrons. The van der Waals surface area contributed by atoms with Crippen molar-refractivity contribution < 1.29 is 23.9 Å². The lowest BCUT2D eigenvalue weighted by Gasteiger charge is -2.23. The van der Waals surface area contributed by atoms with E-state index in [-0.39, 0.29) is 17.2 Å². The van der Waals surface area contributed by atoms with Gasteiger partial charge in [0.1, 0.15) is 11.7 Å². The van der Waals surface area contributed by atoms with Gasteiger partial charge in [-0.15, -0.1) is 0 Å². The molecule has 31 heavy (non-hydrogen) atoms. The lowest BCUT2D eigenvalue weighted by molar-refractivity contribution is -0.142. The molecule has 1 unspecified atom stereocenters. The predicted molar refractivity (Wildman–Crippen MR) is 117 cm³/mol. The van der Waals surface area contributed by atoms with Crippen LogP contribution in [-0.4, -0.2) is 43.1 Å². The molecule has 0 saturated heterocycles. The maximum absolute atomic E-state index is 11.7. The molecule has 0 spiro atoms. The number of fused-ring (bicyclic) bond motifs is 2. The number of H-pyrrole nitrogens is 1. The van der Waals surface area contributed by atoms with Gasteiger partial charge in [-0.3, -0.25) is 9.59 Å². The summed E-state index contributed by atoms with van der Waals surface area (Å²) in [6, 6.07) is 13.7. The quantitative estimate of drug-likeness (QED) is 0.538. The van der Waals surface area contributed by atoms with E-state index in [0.29, 0.717) is 27.2 Å². The van der Waals surface area contributed by atoms with Crippen LogP contribution < -0.4 is 10.9 Å². The Balaban J connectivity index is 0.000000176. The van der Waals surface area contributed by atoms with Crippen LogP contribution in [-0.2, 0) is 20.7 Å². The van der Waals surface area contributed by atoms with Crippen LogP contribution in [0.2, 0.25) is 0 Å². The smallest absolute Gasteiger partial charge is 0.355 e. The Hall–Kier alpha value is -3.46. The summed E-state index contributed by atoms with van der Waals surface area (Å²) in [5, 5.41) is 3.83. The molecular weight excluding hydrogens is 468 g/mol. The van der Waals surface area contributed by atoms with Crippen molar-refractivity contribution in [2.24, 2.45) is 0 Å². The summed E-state index contributed by atoms with van der Waals surface area (Å²) >= 11 is 3.29. The van der Waals surface area contributed by atoms with Gasteiger partial charge < -0.3 is 19.8 Å². The van der Waals surface area contributed by atoms with E-state index < -0.39 is 18.0 Å². The largest absolute Gasteiger partial charge is 0.467 e. The summed E-state index contributed by atoms with van der Waals surface area (Å²) in [6.45, 7) is 0. The highest BCUT2D eigenvalue weighted by Crippen LogP contribution is 2.24. The summed E-state index contributed by atoms with van der Waals surface area (Å²) in [7, 11) is 2.58. The van der Waals surface area contributed by atoms with E-state index >= 15 is 0 Å². The second-order valence-electron chi connectivity index (χ2n) is 6.59. The van der Waals surface area contributed by atoms with Crippen molar-refractivity contribution in [1.29, 1.82) is 0 Å². The number of carbonyl (C=O) groups excluding carboxylic acids is 3. The van der Waals surface area contributed by atoms with Gasteiger partial charge in [-0.25, -0.2) is 9.59 Å². The number of pyridine rings is 1. The Morgan fingerprint density at radius 1 is 0.968 bits per heavy atom. The Kier molecular flexibility index (Phi) is 6.86. The fourth-order valence-electron chi connectivity index (χ4n) is 3.20. The Morgan fingerprint density at radius 2 is 1.61 bits per heavy atom. The zero-order valence-corrected chi connectivity index (χ0v) is 18.3. The molecular formula is C22H19BrN2O6. The van der Waals surface area contributed by atoms with Crippen LogP contribution in [0.5, 0.6) is 0 Å². The Morgan fingerprint density at radius 3 is 2.29 bits per heavy atom. The number of carbonyl (C=O) groups is 3. The molecule has 1 amide bonds. The number of hydrogen-bond acceptors (Lipinski definition) is 6. The molecule has 2 aromatic carbocycles. The lowest BCUT2D eigenvalue weighted by atomic mass is 9.95. The number of rotatable bonds is 2. The van der Waals surface area contributed by atoms with E-state index in [1.165, 1.54) is 14.2 Å². The second-order valence-corrected chi connectivity index (χ2v) is 7.38. The molecule has 4 rings (SSSR count).